The second kappa shape index (κ2) is 7.29. The molecular formula is C15H24N4OS. The van der Waals surface area contributed by atoms with Gasteiger partial charge in [-0.3, -0.25) is 9.89 Å². The third-order valence-corrected chi connectivity index (χ3v) is 5.64. The van der Waals surface area contributed by atoms with Crippen molar-refractivity contribution in [1.82, 2.24) is 20.5 Å². The third kappa shape index (κ3) is 4.22. The number of carbonyl (C=O) groups excluding carboxylic acids is 1. The summed E-state index contributed by atoms with van der Waals surface area (Å²) in [5.74, 6) is 1.98. The van der Waals surface area contributed by atoms with E-state index in [9.17, 15) is 4.79 Å². The number of hydrogen-bond acceptors (Lipinski definition) is 4. The Labute approximate surface area is 130 Å². The van der Waals surface area contributed by atoms with Crippen LogP contribution in [0.1, 0.15) is 57.2 Å². The summed E-state index contributed by atoms with van der Waals surface area (Å²) in [4.78, 5) is 16.5. The van der Waals surface area contributed by atoms with Gasteiger partial charge in [-0.2, -0.15) is 0 Å². The lowest BCUT2D eigenvalue weighted by Crippen LogP contribution is -2.30. The molecule has 1 aliphatic heterocycles. The van der Waals surface area contributed by atoms with Crippen LogP contribution in [0.15, 0.2) is 5.16 Å². The van der Waals surface area contributed by atoms with E-state index in [-0.39, 0.29) is 11.2 Å². The first-order chi connectivity index (χ1) is 10.3. The van der Waals surface area contributed by atoms with Crippen LogP contribution in [0.3, 0.4) is 0 Å². The smallest absolute Gasteiger partial charge is 0.233 e. The Balaban J connectivity index is 1.50. The highest BCUT2D eigenvalue weighted by atomic mass is 32.2. The summed E-state index contributed by atoms with van der Waals surface area (Å²) >= 11 is 1.50. The fourth-order valence-electron chi connectivity index (χ4n) is 3.23. The van der Waals surface area contributed by atoms with Gasteiger partial charge in [-0.05, 0) is 25.2 Å². The number of aryl methyl sites for hydroxylation is 1. The molecular weight excluding hydrogens is 284 g/mol. The molecule has 1 aliphatic carbocycles. The second-order valence-electron chi connectivity index (χ2n) is 6.15. The molecule has 1 aromatic rings. The van der Waals surface area contributed by atoms with Gasteiger partial charge in [-0.1, -0.05) is 43.9 Å². The first kappa shape index (κ1) is 14.9. The molecule has 2 fully saturated rings. The molecule has 1 amide bonds. The van der Waals surface area contributed by atoms with Crippen molar-refractivity contribution in [3.8, 4) is 0 Å². The number of rotatable bonds is 5. The van der Waals surface area contributed by atoms with E-state index in [1.165, 1.54) is 43.9 Å². The maximum atomic E-state index is 11.9. The highest BCUT2D eigenvalue weighted by molar-refractivity contribution is 8.00. The topological polar surface area (TPSA) is 70.7 Å². The summed E-state index contributed by atoms with van der Waals surface area (Å²) in [6.45, 7) is 0.802. The van der Waals surface area contributed by atoms with Crippen LogP contribution in [0.25, 0.3) is 0 Å². The van der Waals surface area contributed by atoms with E-state index in [1.807, 2.05) is 0 Å². The molecule has 6 heteroatoms. The summed E-state index contributed by atoms with van der Waals surface area (Å²) < 4.78 is 0. The number of H-pyrrole nitrogens is 1. The van der Waals surface area contributed by atoms with Crippen molar-refractivity contribution < 1.29 is 4.79 Å². The number of amides is 1. The van der Waals surface area contributed by atoms with Crippen LogP contribution in [0, 0.1) is 5.92 Å². The van der Waals surface area contributed by atoms with Gasteiger partial charge in [0.25, 0.3) is 0 Å². The Morgan fingerprint density at radius 1 is 1.14 bits per heavy atom. The third-order valence-electron chi connectivity index (χ3n) is 4.51. The molecule has 0 aromatic carbocycles. The summed E-state index contributed by atoms with van der Waals surface area (Å²) in [6, 6.07) is 0. The minimum atomic E-state index is -0.0361. The molecule has 2 heterocycles. The molecule has 3 rings (SSSR count). The standard InChI is InChI=1S/C15H24N4OS/c20-14-12(7-3-4-10-16-14)21-15-17-13(18-19-15)9-8-11-5-1-2-6-11/h11-12H,1-10H2,(H,16,20)(H,17,18,19)/t12-/m0/s1. The minimum absolute atomic E-state index is 0.0361. The zero-order valence-electron chi connectivity index (χ0n) is 12.4. The lowest BCUT2D eigenvalue weighted by atomic mass is 10.0. The Hall–Kier alpha value is -1.04. The van der Waals surface area contributed by atoms with Gasteiger partial charge in [0.15, 0.2) is 0 Å². The zero-order chi connectivity index (χ0) is 14.5. The maximum absolute atomic E-state index is 11.9. The van der Waals surface area contributed by atoms with Crippen molar-refractivity contribution in [2.75, 3.05) is 6.54 Å². The van der Waals surface area contributed by atoms with Gasteiger partial charge in [-0.15, -0.1) is 5.10 Å². The SMILES string of the molecule is O=C1NCCCC[C@@H]1Sc1n[nH]c(CCC2CCCC2)n1. The molecule has 21 heavy (non-hydrogen) atoms. The quantitative estimate of drug-likeness (QED) is 0.877. The molecule has 5 nitrogen and oxygen atoms in total. The van der Waals surface area contributed by atoms with Crippen LogP contribution < -0.4 is 5.32 Å². The Morgan fingerprint density at radius 2 is 1.95 bits per heavy atom. The molecule has 1 saturated heterocycles. The number of aromatic amines is 1. The van der Waals surface area contributed by atoms with Crippen molar-refractivity contribution in [2.45, 2.75) is 68.2 Å². The van der Waals surface area contributed by atoms with Crippen LogP contribution in [0.4, 0.5) is 0 Å². The van der Waals surface area contributed by atoms with E-state index in [0.29, 0.717) is 0 Å². The van der Waals surface area contributed by atoms with Crippen LogP contribution in [-0.4, -0.2) is 32.9 Å². The van der Waals surface area contributed by atoms with Gasteiger partial charge in [0.05, 0.1) is 5.25 Å². The van der Waals surface area contributed by atoms with Crippen molar-refractivity contribution in [2.24, 2.45) is 5.92 Å². The highest BCUT2D eigenvalue weighted by Gasteiger charge is 2.23. The fourth-order valence-corrected chi connectivity index (χ4v) is 4.22. The van der Waals surface area contributed by atoms with Gasteiger partial charge in [0.1, 0.15) is 5.82 Å². The van der Waals surface area contributed by atoms with Crippen LogP contribution >= 0.6 is 11.8 Å². The fraction of sp³-hybridized carbons (Fsp3) is 0.800. The van der Waals surface area contributed by atoms with Gasteiger partial charge in [-0.25, -0.2) is 4.98 Å². The van der Waals surface area contributed by atoms with Crippen molar-refractivity contribution in [3.63, 3.8) is 0 Å². The minimum Gasteiger partial charge on any atom is -0.355 e. The molecule has 1 aromatic heterocycles. The molecule has 116 valence electrons. The van der Waals surface area contributed by atoms with E-state index in [4.69, 9.17) is 0 Å². The number of aromatic nitrogens is 3. The molecule has 0 radical (unpaired) electrons. The van der Waals surface area contributed by atoms with E-state index >= 15 is 0 Å². The lowest BCUT2D eigenvalue weighted by molar-refractivity contribution is -0.120. The van der Waals surface area contributed by atoms with E-state index in [0.717, 1.165) is 49.1 Å². The van der Waals surface area contributed by atoms with E-state index in [1.54, 1.807) is 0 Å². The van der Waals surface area contributed by atoms with E-state index in [2.05, 4.69) is 20.5 Å². The first-order valence-electron chi connectivity index (χ1n) is 8.17. The van der Waals surface area contributed by atoms with E-state index < -0.39 is 0 Å². The van der Waals surface area contributed by atoms with Crippen molar-refractivity contribution in [3.05, 3.63) is 5.82 Å². The average molecular weight is 308 g/mol. The monoisotopic (exact) mass is 308 g/mol. The van der Waals surface area contributed by atoms with Gasteiger partial charge >= 0.3 is 0 Å². The summed E-state index contributed by atoms with van der Waals surface area (Å²) in [5, 5.41) is 10.9. The Bertz CT molecular complexity index is 470. The molecule has 1 saturated carbocycles. The number of thioether (sulfide) groups is 1. The highest BCUT2D eigenvalue weighted by Crippen LogP contribution is 2.29. The Kier molecular flexibility index (Phi) is 5.17. The number of nitrogens with one attached hydrogen (secondary N) is 2. The van der Waals surface area contributed by atoms with Crippen LogP contribution in [-0.2, 0) is 11.2 Å². The predicted molar refractivity (Wildman–Crippen MR) is 83.2 cm³/mol. The molecule has 2 N–H and O–H groups in total. The number of hydrogen-bond donors (Lipinski definition) is 2. The normalized spacial score (nSPS) is 24.0. The Morgan fingerprint density at radius 3 is 2.81 bits per heavy atom. The second-order valence-corrected chi connectivity index (χ2v) is 7.32. The van der Waals surface area contributed by atoms with Crippen LogP contribution in [0.2, 0.25) is 0 Å². The molecule has 0 spiro atoms. The molecule has 0 unspecified atom stereocenters. The number of carbonyl (C=O) groups is 1. The van der Waals surface area contributed by atoms with Gasteiger partial charge in [0.2, 0.25) is 11.1 Å². The molecule has 0 bridgehead atoms. The van der Waals surface area contributed by atoms with Crippen molar-refractivity contribution in [1.29, 1.82) is 0 Å². The summed E-state index contributed by atoms with van der Waals surface area (Å²) in [6.07, 6.45) is 10.8. The molecule has 2 aliphatic rings. The first-order valence-corrected chi connectivity index (χ1v) is 9.05. The van der Waals surface area contributed by atoms with Gasteiger partial charge in [0, 0.05) is 13.0 Å². The van der Waals surface area contributed by atoms with Crippen molar-refractivity contribution >= 4 is 17.7 Å². The van der Waals surface area contributed by atoms with Crippen LogP contribution in [0.5, 0.6) is 0 Å². The number of nitrogens with zero attached hydrogens (tertiary/aromatic N) is 2. The molecule has 1 atom stereocenters. The summed E-state index contributed by atoms with van der Waals surface area (Å²) in [5.41, 5.74) is 0. The zero-order valence-corrected chi connectivity index (χ0v) is 13.3. The largest absolute Gasteiger partial charge is 0.355 e. The summed E-state index contributed by atoms with van der Waals surface area (Å²) in [7, 11) is 0. The lowest BCUT2D eigenvalue weighted by Gasteiger charge is -2.09. The predicted octanol–water partition coefficient (Wildman–Crippen LogP) is 2.69. The average Bonchev–Trinajstić information content (AvgIpc) is 3.10. The maximum Gasteiger partial charge on any atom is 0.233 e. The van der Waals surface area contributed by atoms with Gasteiger partial charge < -0.3 is 5.32 Å².